The lowest BCUT2D eigenvalue weighted by Gasteiger charge is -2.18. The molecule has 4 nitrogen and oxygen atoms in total. The second-order valence-corrected chi connectivity index (χ2v) is 10.9. The number of hydrogen-bond donors (Lipinski definition) is 1. The minimum absolute atomic E-state index is 0.482. The third kappa shape index (κ3) is 8.42. The molecule has 0 rings (SSSR count). The molecule has 0 aromatic rings. The van der Waals surface area contributed by atoms with E-state index in [2.05, 4.69) is 6.92 Å². The van der Waals surface area contributed by atoms with Gasteiger partial charge >= 0.3 is 5.97 Å². The molecule has 0 amide bonds. The molecule has 0 fully saturated rings. The maximum absolute atomic E-state index is 11.9. The molecule has 0 saturated carbocycles. The van der Waals surface area contributed by atoms with Crippen molar-refractivity contribution in [2.75, 3.05) is 5.75 Å². The Morgan fingerprint density at radius 2 is 1.32 bits per heavy atom. The Morgan fingerprint density at radius 1 is 0.909 bits per heavy atom. The van der Waals surface area contributed by atoms with Gasteiger partial charge in [0, 0.05) is 5.75 Å². The fourth-order valence-corrected chi connectivity index (χ4v) is 5.17. The van der Waals surface area contributed by atoms with Crippen molar-refractivity contribution in [1.29, 1.82) is 0 Å². The van der Waals surface area contributed by atoms with Gasteiger partial charge in [-0.05, 0) is 31.1 Å². The third-order valence-electron chi connectivity index (χ3n) is 3.88. The zero-order valence-corrected chi connectivity index (χ0v) is 15.9. The lowest BCUT2D eigenvalue weighted by molar-refractivity contribution is -0.139. The third-order valence-corrected chi connectivity index (χ3v) is 8.75. The van der Waals surface area contributed by atoms with Crippen molar-refractivity contribution in [3.8, 4) is 0 Å². The van der Waals surface area contributed by atoms with Gasteiger partial charge in [-0.3, -0.25) is 4.79 Å². The van der Waals surface area contributed by atoms with Gasteiger partial charge < -0.3 is 5.11 Å². The second kappa shape index (κ2) is 11.3. The summed E-state index contributed by atoms with van der Waals surface area (Å²) >= 11 is 0. The van der Waals surface area contributed by atoms with Crippen LogP contribution in [0.25, 0.3) is 0 Å². The van der Waals surface area contributed by atoms with Crippen LogP contribution in [0.2, 0.25) is 0 Å². The molecule has 0 saturated heterocycles. The Kier molecular flexibility index (Phi) is 11.2. The maximum Gasteiger partial charge on any atom is 0.325 e. The summed E-state index contributed by atoms with van der Waals surface area (Å²) in [5, 5.41) is 8.96. The summed E-state index contributed by atoms with van der Waals surface area (Å²) in [6, 6.07) is 0. The van der Waals surface area contributed by atoms with Crippen LogP contribution in [-0.2, 0) is 13.7 Å². The van der Waals surface area contributed by atoms with E-state index in [0.29, 0.717) is 5.75 Å². The molecule has 0 aromatic heterocycles. The smallest absolute Gasteiger partial charge is 0.325 e. The number of aliphatic carboxylic acids is 1. The van der Waals surface area contributed by atoms with Crippen molar-refractivity contribution in [2.24, 2.45) is 0 Å². The molecular weight excluding hydrogens is 320 g/mol. The number of unbranched alkanes of at least 4 members (excludes halogenated alkanes) is 9. The fraction of sp³-hybridized carbons (Fsp3) is 0.938. The van der Waals surface area contributed by atoms with Crippen molar-refractivity contribution >= 4 is 25.6 Å². The van der Waals surface area contributed by atoms with Crippen molar-refractivity contribution < 1.29 is 18.3 Å². The van der Waals surface area contributed by atoms with Crippen molar-refractivity contribution in [2.45, 2.75) is 89.7 Å². The van der Waals surface area contributed by atoms with E-state index < -0.39 is 19.6 Å². The van der Waals surface area contributed by atoms with Gasteiger partial charge in [0.25, 0.3) is 0 Å². The molecule has 0 bridgehead atoms. The van der Waals surface area contributed by atoms with Crippen LogP contribution < -0.4 is 0 Å². The predicted octanol–water partition coefficient (Wildman–Crippen LogP) is 4.83. The van der Waals surface area contributed by atoms with Gasteiger partial charge in [0.2, 0.25) is 8.87 Å². The molecule has 132 valence electrons. The highest BCUT2D eigenvalue weighted by molar-refractivity contribution is 8.72. The van der Waals surface area contributed by atoms with Crippen LogP contribution in [-0.4, -0.2) is 30.0 Å². The first-order valence-electron chi connectivity index (χ1n) is 8.38. The van der Waals surface area contributed by atoms with Gasteiger partial charge in [-0.25, -0.2) is 8.42 Å². The summed E-state index contributed by atoms with van der Waals surface area (Å²) in [6.07, 6.45) is 12.0. The van der Waals surface area contributed by atoms with Gasteiger partial charge in [-0.2, -0.15) is 0 Å². The van der Waals surface area contributed by atoms with Crippen molar-refractivity contribution in [3.05, 3.63) is 0 Å². The minimum Gasteiger partial charge on any atom is -0.480 e. The Labute approximate surface area is 139 Å². The Bertz CT molecular complexity index is 402. The van der Waals surface area contributed by atoms with Crippen molar-refractivity contribution in [3.63, 3.8) is 0 Å². The van der Waals surface area contributed by atoms with E-state index in [1.54, 1.807) is 0 Å². The first kappa shape index (κ1) is 21.8. The van der Waals surface area contributed by atoms with E-state index in [9.17, 15) is 13.2 Å². The van der Waals surface area contributed by atoms with Crippen LogP contribution in [0, 0.1) is 0 Å². The normalized spacial score (nSPS) is 12.5. The quantitative estimate of drug-likeness (QED) is 0.358. The van der Waals surface area contributed by atoms with Crippen LogP contribution in [0.1, 0.15) is 85.0 Å². The average molecular weight is 353 g/mol. The zero-order chi connectivity index (χ0) is 17.1. The summed E-state index contributed by atoms with van der Waals surface area (Å²) < 4.78 is 22.2. The number of carboxylic acid groups (broad SMARTS) is 1. The monoisotopic (exact) mass is 352 g/mol. The second-order valence-electron chi connectivity index (χ2n) is 6.27. The molecule has 6 heteroatoms. The maximum atomic E-state index is 11.9. The van der Waals surface area contributed by atoms with Crippen LogP contribution in [0.3, 0.4) is 0 Å². The van der Waals surface area contributed by atoms with Crippen molar-refractivity contribution in [1.82, 2.24) is 0 Å². The lowest BCUT2D eigenvalue weighted by atomic mass is 10.1. The molecule has 0 radical (unpaired) electrons. The first-order valence-corrected chi connectivity index (χ1v) is 11.4. The number of hydrogen-bond acceptors (Lipinski definition) is 4. The van der Waals surface area contributed by atoms with Gasteiger partial charge in [-0.1, -0.05) is 64.7 Å². The highest BCUT2D eigenvalue weighted by Crippen LogP contribution is 2.29. The highest BCUT2D eigenvalue weighted by atomic mass is 33.1. The minimum atomic E-state index is -3.65. The molecule has 0 atom stereocenters. The lowest BCUT2D eigenvalue weighted by Crippen LogP contribution is -2.38. The van der Waals surface area contributed by atoms with E-state index in [1.165, 1.54) is 58.8 Å². The van der Waals surface area contributed by atoms with Gasteiger partial charge in [0.1, 0.15) is 0 Å². The predicted molar refractivity (Wildman–Crippen MR) is 94.9 cm³/mol. The van der Waals surface area contributed by atoms with Crippen LogP contribution in [0.5, 0.6) is 0 Å². The molecule has 0 aliphatic rings. The molecular formula is C16H32O4S2. The number of carbonyl (C=O) groups is 1. The van der Waals surface area contributed by atoms with E-state index in [0.717, 1.165) is 30.1 Å². The number of rotatable bonds is 14. The zero-order valence-electron chi connectivity index (χ0n) is 14.3. The molecule has 0 unspecified atom stereocenters. The van der Waals surface area contributed by atoms with Gasteiger partial charge in [0.05, 0.1) is 0 Å². The Balaban J connectivity index is 3.64. The molecule has 1 N–H and O–H groups in total. The molecule has 0 aliphatic heterocycles. The fourth-order valence-electron chi connectivity index (χ4n) is 2.01. The first-order chi connectivity index (χ1) is 10.3. The topological polar surface area (TPSA) is 71.4 Å². The molecule has 0 aromatic carbocycles. The Morgan fingerprint density at radius 3 is 1.73 bits per heavy atom. The summed E-state index contributed by atoms with van der Waals surface area (Å²) in [7, 11) is -2.87. The van der Waals surface area contributed by atoms with E-state index >= 15 is 0 Å². The summed E-state index contributed by atoms with van der Waals surface area (Å²) in [5.74, 6) is -0.807. The van der Waals surface area contributed by atoms with E-state index in [4.69, 9.17) is 5.11 Å². The summed E-state index contributed by atoms with van der Waals surface area (Å²) in [5.41, 5.74) is 0. The molecule has 22 heavy (non-hydrogen) atoms. The molecule has 0 spiro atoms. The summed E-state index contributed by atoms with van der Waals surface area (Å²) in [4.78, 5) is 11.0. The van der Waals surface area contributed by atoms with Gasteiger partial charge in [-0.15, -0.1) is 0 Å². The molecule has 0 heterocycles. The van der Waals surface area contributed by atoms with Crippen LogP contribution in [0.15, 0.2) is 0 Å². The van der Waals surface area contributed by atoms with Crippen LogP contribution >= 0.6 is 10.8 Å². The Hall–Kier alpha value is -0.230. The van der Waals surface area contributed by atoms with E-state index in [-0.39, 0.29) is 0 Å². The average Bonchev–Trinajstić information content (AvgIpc) is 2.44. The van der Waals surface area contributed by atoms with Crippen LogP contribution in [0.4, 0.5) is 0 Å². The largest absolute Gasteiger partial charge is 0.480 e. The summed E-state index contributed by atoms with van der Waals surface area (Å²) in [6.45, 7) is 4.71. The SMILES string of the molecule is CCCCCCCCCCCCSS(=O)(=O)C(C)(C)C(=O)O. The number of carboxylic acids is 1. The van der Waals surface area contributed by atoms with Gasteiger partial charge in [0.15, 0.2) is 4.75 Å². The standard InChI is InChI=1S/C16H32O4S2/c1-4-5-6-7-8-9-10-11-12-13-14-21-22(19,20)16(2,3)15(17)18/h4-14H2,1-3H3,(H,17,18). The van der Waals surface area contributed by atoms with E-state index in [1.807, 2.05) is 0 Å². The highest BCUT2D eigenvalue weighted by Gasteiger charge is 2.42. The molecule has 0 aliphatic carbocycles.